The summed E-state index contributed by atoms with van der Waals surface area (Å²) in [6, 6.07) is 7.59. The zero-order valence-corrected chi connectivity index (χ0v) is 18.0. The number of carbonyl (C=O) groups excluding carboxylic acids is 3. The number of nitrogens with one attached hydrogen (secondary N) is 2. The standard InChI is InChI=1S/C22H27N5O4/c1-4-27-20(29)18-17(19(28)25-15-7-8-15)24-13-26(18)12-22(27,2)21(30)23-11-14-5-9-16(31-3)10-6-14/h5-6,9-10,13,15H,4,7-8,11-12H2,1-3H3,(H,23,30)(H,25,28)/t22-/m1/s1. The van der Waals surface area contributed by atoms with Crippen LogP contribution in [-0.2, 0) is 17.9 Å². The highest BCUT2D eigenvalue weighted by Gasteiger charge is 2.48. The van der Waals surface area contributed by atoms with Crippen LogP contribution in [0.5, 0.6) is 5.75 Å². The van der Waals surface area contributed by atoms with E-state index in [0.717, 1.165) is 24.2 Å². The molecule has 1 fully saturated rings. The minimum absolute atomic E-state index is 0.121. The maximum atomic E-state index is 13.3. The third-order valence-electron chi connectivity index (χ3n) is 5.90. The van der Waals surface area contributed by atoms with Crippen LogP contribution < -0.4 is 15.4 Å². The Hall–Kier alpha value is -3.36. The first-order valence-electron chi connectivity index (χ1n) is 10.5. The summed E-state index contributed by atoms with van der Waals surface area (Å²) >= 11 is 0. The highest BCUT2D eigenvalue weighted by atomic mass is 16.5. The lowest BCUT2D eigenvalue weighted by Crippen LogP contribution is -2.63. The Labute approximate surface area is 180 Å². The molecular formula is C22H27N5O4. The Morgan fingerprint density at radius 3 is 2.58 bits per heavy atom. The fraction of sp³-hybridized carbons (Fsp3) is 0.455. The van der Waals surface area contributed by atoms with Crippen molar-refractivity contribution in [3.05, 3.63) is 47.5 Å². The number of nitrogens with zero attached hydrogens (tertiary/aromatic N) is 3. The van der Waals surface area contributed by atoms with E-state index in [1.54, 1.807) is 18.6 Å². The number of amides is 3. The second-order valence-corrected chi connectivity index (χ2v) is 8.17. The largest absolute Gasteiger partial charge is 0.497 e. The van der Waals surface area contributed by atoms with Crippen molar-refractivity contribution < 1.29 is 19.1 Å². The van der Waals surface area contributed by atoms with Gasteiger partial charge in [-0.3, -0.25) is 14.4 Å². The van der Waals surface area contributed by atoms with Gasteiger partial charge in [0.15, 0.2) is 5.69 Å². The van der Waals surface area contributed by atoms with Crippen molar-refractivity contribution >= 4 is 17.7 Å². The molecule has 2 aliphatic rings. The van der Waals surface area contributed by atoms with Gasteiger partial charge in [0.05, 0.1) is 20.0 Å². The normalized spacial score (nSPS) is 20.2. The van der Waals surface area contributed by atoms with Crippen molar-refractivity contribution in [3.8, 4) is 5.75 Å². The lowest BCUT2D eigenvalue weighted by Gasteiger charge is -2.43. The summed E-state index contributed by atoms with van der Waals surface area (Å²) in [5, 5.41) is 5.82. The van der Waals surface area contributed by atoms with Crippen LogP contribution in [0.4, 0.5) is 0 Å². The molecule has 164 valence electrons. The SMILES string of the molecule is CCN1C(=O)c2c(C(=O)NC3CC3)ncn2C[C@]1(C)C(=O)NCc1ccc(OC)cc1. The first kappa shape index (κ1) is 20.9. The maximum Gasteiger partial charge on any atom is 0.273 e. The number of aromatic nitrogens is 2. The minimum atomic E-state index is -1.10. The smallest absolute Gasteiger partial charge is 0.273 e. The number of ether oxygens (including phenoxy) is 1. The predicted molar refractivity (Wildman–Crippen MR) is 113 cm³/mol. The molecule has 2 heterocycles. The number of imidazole rings is 1. The van der Waals surface area contributed by atoms with E-state index in [2.05, 4.69) is 15.6 Å². The second-order valence-electron chi connectivity index (χ2n) is 8.17. The number of methoxy groups -OCH3 is 1. The van der Waals surface area contributed by atoms with Gasteiger partial charge in [0.25, 0.3) is 11.8 Å². The Morgan fingerprint density at radius 2 is 1.97 bits per heavy atom. The second kappa shape index (κ2) is 8.05. The molecule has 2 aromatic rings. The molecule has 0 spiro atoms. The Morgan fingerprint density at radius 1 is 1.26 bits per heavy atom. The number of carbonyl (C=O) groups is 3. The molecule has 4 rings (SSSR count). The van der Waals surface area contributed by atoms with Crippen molar-refractivity contribution in [1.29, 1.82) is 0 Å². The van der Waals surface area contributed by atoms with Crippen molar-refractivity contribution in [3.63, 3.8) is 0 Å². The van der Waals surface area contributed by atoms with Gasteiger partial charge < -0.3 is 24.8 Å². The molecule has 0 bridgehead atoms. The van der Waals surface area contributed by atoms with Crippen LogP contribution in [-0.4, -0.2) is 57.4 Å². The molecule has 1 saturated carbocycles. The van der Waals surface area contributed by atoms with Crippen LogP contribution in [0.2, 0.25) is 0 Å². The molecule has 1 atom stereocenters. The third kappa shape index (κ3) is 3.87. The van der Waals surface area contributed by atoms with E-state index in [0.29, 0.717) is 13.1 Å². The Balaban J connectivity index is 1.53. The van der Waals surface area contributed by atoms with Gasteiger partial charge in [-0.15, -0.1) is 0 Å². The van der Waals surface area contributed by atoms with Crippen LogP contribution in [0.25, 0.3) is 0 Å². The molecule has 1 aromatic carbocycles. The molecule has 3 amide bonds. The topological polar surface area (TPSA) is 106 Å². The molecular weight excluding hydrogens is 398 g/mol. The molecule has 1 aliphatic carbocycles. The van der Waals surface area contributed by atoms with Gasteiger partial charge in [-0.25, -0.2) is 4.98 Å². The van der Waals surface area contributed by atoms with E-state index < -0.39 is 5.54 Å². The maximum absolute atomic E-state index is 13.3. The lowest BCUT2D eigenvalue weighted by molar-refractivity contribution is -0.132. The van der Waals surface area contributed by atoms with Gasteiger partial charge in [-0.1, -0.05) is 12.1 Å². The molecule has 9 nitrogen and oxygen atoms in total. The summed E-state index contributed by atoms with van der Waals surface area (Å²) in [6.45, 7) is 4.45. The van der Waals surface area contributed by atoms with E-state index in [-0.39, 0.29) is 41.7 Å². The fourth-order valence-corrected chi connectivity index (χ4v) is 3.95. The summed E-state index contributed by atoms with van der Waals surface area (Å²) < 4.78 is 6.77. The summed E-state index contributed by atoms with van der Waals surface area (Å²) in [7, 11) is 1.60. The molecule has 0 saturated heterocycles. The van der Waals surface area contributed by atoms with Gasteiger partial charge in [-0.05, 0) is 44.4 Å². The quantitative estimate of drug-likeness (QED) is 0.696. The number of likely N-dealkylation sites (N-methyl/N-ethyl adjacent to an activating group) is 1. The summed E-state index contributed by atoms with van der Waals surface area (Å²) in [5.41, 5.74) is 0.178. The fourth-order valence-electron chi connectivity index (χ4n) is 3.95. The molecule has 1 aliphatic heterocycles. The lowest BCUT2D eigenvalue weighted by atomic mass is 9.94. The summed E-state index contributed by atoms with van der Waals surface area (Å²) in [4.78, 5) is 44.7. The predicted octanol–water partition coefficient (Wildman–Crippen LogP) is 1.33. The number of hydrogen-bond donors (Lipinski definition) is 2. The van der Waals surface area contributed by atoms with Crippen LogP contribution in [0.15, 0.2) is 30.6 Å². The van der Waals surface area contributed by atoms with Crippen molar-refractivity contribution in [2.45, 2.75) is 51.4 Å². The van der Waals surface area contributed by atoms with Crippen LogP contribution >= 0.6 is 0 Å². The number of fused-ring (bicyclic) bond motifs is 1. The van der Waals surface area contributed by atoms with Gasteiger partial charge in [0.1, 0.15) is 17.0 Å². The summed E-state index contributed by atoms with van der Waals surface area (Å²) in [6.07, 6.45) is 3.36. The van der Waals surface area contributed by atoms with Crippen LogP contribution in [0, 0.1) is 0 Å². The van der Waals surface area contributed by atoms with Gasteiger partial charge in [-0.2, -0.15) is 0 Å². The average Bonchev–Trinajstić information content (AvgIpc) is 3.48. The molecule has 31 heavy (non-hydrogen) atoms. The van der Waals surface area contributed by atoms with E-state index in [9.17, 15) is 14.4 Å². The van der Waals surface area contributed by atoms with E-state index >= 15 is 0 Å². The number of benzene rings is 1. The van der Waals surface area contributed by atoms with E-state index in [1.165, 1.54) is 11.2 Å². The third-order valence-corrected chi connectivity index (χ3v) is 5.90. The van der Waals surface area contributed by atoms with Gasteiger partial charge in [0, 0.05) is 19.1 Å². The monoisotopic (exact) mass is 425 g/mol. The van der Waals surface area contributed by atoms with Gasteiger partial charge in [0.2, 0.25) is 5.91 Å². The molecule has 2 N–H and O–H groups in total. The summed E-state index contributed by atoms with van der Waals surface area (Å²) in [5.74, 6) is -0.226. The Kier molecular flexibility index (Phi) is 5.43. The Bertz CT molecular complexity index is 1010. The zero-order chi connectivity index (χ0) is 22.2. The van der Waals surface area contributed by atoms with Crippen LogP contribution in [0.3, 0.4) is 0 Å². The highest BCUT2D eigenvalue weighted by Crippen LogP contribution is 2.29. The zero-order valence-electron chi connectivity index (χ0n) is 18.0. The first-order valence-corrected chi connectivity index (χ1v) is 10.5. The molecule has 0 unspecified atom stereocenters. The van der Waals surface area contributed by atoms with E-state index in [4.69, 9.17) is 4.74 Å². The van der Waals surface area contributed by atoms with Crippen molar-refractivity contribution in [2.75, 3.05) is 13.7 Å². The average molecular weight is 425 g/mol. The van der Waals surface area contributed by atoms with Gasteiger partial charge >= 0.3 is 0 Å². The molecule has 9 heteroatoms. The van der Waals surface area contributed by atoms with Crippen molar-refractivity contribution in [1.82, 2.24) is 25.1 Å². The minimum Gasteiger partial charge on any atom is -0.497 e. The van der Waals surface area contributed by atoms with Crippen molar-refractivity contribution in [2.24, 2.45) is 0 Å². The number of rotatable bonds is 7. The first-order chi connectivity index (χ1) is 14.9. The van der Waals surface area contributed by atoms with Crippen LogP contribution in [0.1, 0.15) is 53.2 Å². The highest BCUT2D eigenvalue weighted by molar-refractivity contribution is 6.07. The number of hydrogen-bond acceptors (Lipinski definition) is 5. The van der Waals surface area contributed by atoms with E-state index in [1.807, 2.05) is 31.2 Å². The molecule has 1 aromatic heterocycles. The molecule has 0 radical (unpaired) electrons.